The first-order valence-electron chi connectivity index (χ1n) is 8.23. The molecule has 0 radical (unpaired) electrons. The van der Waals surface area contributed by atoms with E-state index in [4.69, 9.17) is 9.47 Å². The van der Waals surface area contributed by atoms with E-state index in [1.165, 1.54) is 19.4 Å². The number of esters is 1. The van der Waals surface area contributed by atoms with E-state index in [0.717, 1.165) is 0 Å². The average Bonchev–Trinajstić information content (AvgIpc) is 3.34. The van der Waals surface area contributed by atoms with Crippen molar-refractivity contribution in [1.29, 1.82) is 0 Å². The first-order valence-corrected chi connectivity index (χ1v) is 9.02. The van der Waals surface area contributed by atoms with Crippen LogP contribution in [-0.2, 0) is 9.53 Å². The Balaban J connectivity index is 1.85. The Bertz CT molecular complexity index is 911. The van der Waals surface area contributed by atoms with Crippen molar-refractivity contribution >= 4 is 39.5 Å². The third-order valence-corrected chi connectivity index (χ3v) is 4.81. The van der Waals surface area contributed by atoms with Gasteiger partial charge in [0.2, 0.25) is 0 Å². The number of hydrogen-bond donors (Lipinski definition) is 0. The van der Waals surface area contributed by atoms with Gasteiger partial charge in [0.1, 0.15) is 5.69 Å². The second kappa shape index (κ2) is 7.87. The van der Waals surface area contributed by atoms with Crippen LogP contribution in [0.1, 0.15) is 24.9 Å². The van der Waals surface area contributed by atoms with E-state index in [-0.39, 0.29) is 29.5 Å². The fourth-order valence-corrected chi connectivity index (χ4v) is 3.15. The maximum Gasteiger partial charge on any atom is 0.311 e. The molecule has 1 aromatic heterocycles. The number of benzene rings is 1. The van der Waals surface area contributed by atoms with Crippen LogP contribution in [0.25, 0.3) is 0 Å². The second-order valence-electron chi connectivity index (χ2n) is 5.85. The minimum Gasteiger partial charge on any atom is -0.478 e. The summed E-state index contributed by atoms with van der Waals surface area (Å²) < 4.78 is 12.4. The van der Waals surface area contributed by atoms with E-state index >= 15 is 0 Å². The molecule has 1 aliphatic carbocycles. The quantitative estimate of drug-likeness (QED) is 0.284. The van der Waals surface area contributed by atoms with Gasteiger partial charge >= 0.3 is 5.97 Å². The minimum absolute atomic E-state index is 0.0657. The Hall–Kier alpha value is -2.75. The summed E-state index contributed by atoms with van der Waals surface area (Å²) in [6.07, 6.45) is 3.69. The molecule has 3 rings (SSSR count). The van der Waals surface area contributed by atoms with E-state index in [1.807, 2.05) is 0 Å². The summed E-state index contributed by atoms with van der Waals surface area (Å²) in [5.41, 5.74) is 0.689. The fraction of sp³-hybridized carbons (Fsp3) is 0.353. The van der Waals surface area contributed by atoms with Gasteiger partial charge in [0.15, 0.2) is 0 Å². The van der Waals surface area contributed by atoms with Gasteiger partial charge in [-0.25, -0.2) is 4.99 Å². The standard InChI is InChI=1S/C17H17BrN4O5/c1-3-27-17(23)10-7-15(10)21-9-13(16(20-21)26-2)19-8-11-12(18)5-4-6-14(11)22(24)25/h4-6,8-10,15H,3,7H2,1-2H3/b19-8+/t10-,15-/m1/s1. The number of aromatic nitrogens is 2. The fourth-order valence-electron chi connectivity index (χ4n) is 2.69. The van der Waals surface area contributed by atoms with E-state index in [0.29, 0.717) is 28.8 Å². The lowest BCUT2D eigenvalue weighted by atomic mass is 10.2. The highest BCUT2D eigenvalue weighted by Gasteiger charge is 2.46. The largest absolute Gasteiger partial charge is 0.478 e. The van der Waals surface area contributed by atoms with Crippen LogP contribution < -0.4 is 4.74 Å². The highest BCUT2D eigenvalue weighted by Crippen LogP contribution is 2.45. The zero-order valence-electron chi connectivity index (χ0n) is 14.7. The number of nitrogens with zero attached hydrogens (tertiary/aromatic N) is 4. The van der Waals surface area contributed by atoms with E-state index in [1.54, 1.807) is 29.9 Å². The number of nitro benzene ring substituents is 1. The Morgan fingerprint density at radius 3 is 3.00 bits per heavy atom. The van der Waals surface area contributed by atoms with Crippen molar-refractivity contribution in [3.63, 3.8) is 0 Å². The number of carbonyl (C=O) groups excluding carboxylic acids is 1. The molecule has 0 amide bonds. The van der Waals surface area contributed by atoms with Crippen molar-refractivity contribution in [2.24, 2.45) is 10.9 Å². The van der Waals surface area contributed by atoms with Crippen molar-refractivity contribution in [2.45, 2.75) is 19.4 Å². The molecule has 27 heavy (non-hydrogen) atoms. The molecule has 1 saturated carbocycles. The molecule has 10 heteroatoms. The molecule has 0 spiro atoms. The molecule has 0 unspecified atom stereocenters. The van der Waals surface area contributed by atoms with Crippen molar-refractivity contribution in [2.75, 3.05) is 13.7 Å². The van der Waals surface area contributed by atoms with Crippen molar-refractivity contribution < 1.29 is 19.2 Å². The lowest BCUT2D eigenvalue weighted by Crippen LogP contribution is -2.09. The van der Waals surface area contributed by atoms with E-state index in [2.05, 4.69) is 26.0 Å². The highest BCUT2D eigenvalue weighted by molar-refractivity contribution is 9.10. The first-order chi connectivity index (χ1) is 13.0. The number of methoxy groups -OCH3 is 1. The molecule has 1 aliphatic rings. The summed E-state index contributed by atoms with van der Waals surface area (Å²) in [4.78, 5) is 26.8. The normalized spacial score (nSPS) is 18.5. The molecular weight excluding hydrogens is 420 g/mol. The lowest BCUT2D eigenvalue weighted by molar-refractivity contribution is -0.385. The van der Waals surface area contributed by atoms with Gasteiger partial charge in [0.25, 0.3) is 11.6 Å². The van der Waals surface area contributed by atoms with Gasteiger partial charge in [0.05, 0.1) is 42.4 Å². The predicted molar refractivity (Wildman–Crippen MR) is 101 cm³/mol. The first kappa shape index (κ1) is 19.0. The Morgan fingerprint density at radius 1 is 1.56 bits per heavy atom. The monoisotopic (exact) mass is 436 g/mol. The van der Waals surface area contributed by atoms with Crippen LogP contribution in [0.2, 0.25) is 0 Å². The average molecular weight is 437 g/mol. The molecule has 2 atom stereocenters. The molecule has 142 valence electrons. The smallest absolute Gasteiger partial charge is 0.311 e. The number of nitro groups is 1. The number of aliphatic imine (C=N–C) groups is 1. The third-order valence-electron chi connectivity index (χ3n) is 4.12. The van der Waals surface area contributed by atoms with Crippen LogP contribution in [0.5, 0.6) is 5.88 Å². The molecule has 0 bridgehead atoms. The highest BCUT2D eigenvalue weighted by atomic mass is 79.9. The molecule has 2 aromatic rings. The SMILES string of the molecule is CCOC(=O)[C@@H]1C[C@H]1n1cc(/N=C/c2c(Br)cccc2[N+](=O)[O-])c(OC)n1. The molecule has 0 saturated heterocycles. The van der Waals surface area contributed by atoms with Crippen LogP contribution in [0.4, 0.5) is 11.4 Å². The van der Waals surface area contributed by atoms with Gasteiger partial charge in [-0.3, -0.25) is 19.6 Å². The molecule has 0 N–H and O–H groups in total. The van der Waals surface area contributed by atoms with Crippen LogP contribution in [0.3, 0.4) is 0 Å². The number of carbonyl (C=O) groups is 1. The summed E-state index contributed by atoms with van der Waals surface area (Å²) >= 11 is 3.30. The van der Waals surface area contributed by atoms with Crippen LogP contribution >= 0.6 is 15.9 Å². The minimum atomic E-state index is -0.471. The maximum atomic E-state index is 11.8. The summed E-state index contributed by atoms with van der Waals surface area (Å²) in [5.74, 6) is -0.197. The van der Waals surface area contributed by atoms with Crippen molar-refractivity contribution in [1.82, 2.24) is 9.78 Å². The van der Waals surface area contributed by atoms with Gasteiger partial charge in [-0.1, -0.05) is 6.07 Å². The van der Waals surface area contributed by atoms with Gasteiger partial charge in [-0.15, -0.1) is 5.10 Å². The zero-order chi connectivity index (χ0) is 19.6. The topological polar surface area (TPSA) is 109 Å². The number of rotatable bonds is 7. The lowest BCUT2D eigenvalue weighted by Gasteiger charge is -2.00. The molecule has 1 aromatic carbocycles. The Labute approximate surface area is 163 Å². The number of hydrogen-bond acceptors (Lipinski definition) is 7. The molecule has 1 fully saturated rings. The summed E-state index contributed by atoms with van der Waals surface area (Å²) in [6, 6.07) is 4.59. The molecule has 0 aliphatic heterocycles. The maximum absolute atomic E-state index is 11.8. The van der Waals surface area contributed by atoms with Gasteiger partial charge in [-0.05, 0) is 35.3 Å². The van der Waals surface area contributed by atoms with E-state index in [9.17, 15) is 14.9 Å². The molecule has 9 nitrogen and oxygen atoms in total. The van der Waals surface area contributed by atoms with Crippen LogP contribution in [0, 0.1) is 16.0 Å². The number of ether oxygens (including phenoxy) is 2. The van der Waals surface area contributed by atoms with Crippen molar-refractivity contribution in [3.8, 4) is 5.88 Å². The van der Waals surface area contributed by atoms with Crippen molar-refractivity contribution in [3.05, 3.63) is 44.5 Å². The van der Waals surface area contributed by atoms with Gasteiger partial charge in [0, 0.05) is 16.8 Å². The van der Waals surface area contributed by atoms with Gasteiger partial charge < -0.3 is 9.47 Å². The molecular formula is C17H17BrN4O5. The summed E-state index contributed by atoms with van der Waals surface area (Å²) in [6.45, 7) is 2.10. The summed E-state index contributed by atoms with van der Waals surface area (Å²) in [5, 5.41) is 15.5. The predicted octanol–water partition coefficient (Wildman–Crippen LogP) is 3.44. The zero-order valence-corrected chi connectivity index (χ0v) is 16.2. The number of halogens is 1. The van der Waals surface area contributed by atoms with Crippen LogP contribution in [-0.4, -0.2) is 40.6 Å². The third kappa shape index (κ3) is 4.00. The van der Waals surface area contributed by atoms with Crippen LogP contribution in [0.15, 0.2) is 33.9 Å². The van der Waals surface area contributed by atoms with E-state index < -0.39 is 4.92 Å². The molecule has 1 heterocycles. The van der Waals surface area contributed by atoms with Gasteiger partial charge in [-0.2, -0.15) is 0 Å². The Kier molecular flexibility index (Phi) is 5.54. The second-order valence-corrected chi connectivity index (χ2v) is 6.71. The Morgan fingerprint density at radius 2 is 2.33 bits per heavy atom. The summed E-state index contributed by atoms with van der Waals surface area (Å²) in [7, 11) is 1.46.